The molecule has 2 rings (SSSR count). The van der Waals surface area contributed by atoms with E-state index in [0.717, 1.165) is 5.92 Å². The summed E-state index contributed by atoms with van der Waals surface area (Å²) in [7, 11) is 0. The molecule has 10 heavy (non-hydrogen) atoms. The van der Waals surface area contributed by atoms with E-state index in [1.54, 1.807) is 0 Å². The molecule has 0 aromatic heterocycles. The van der Waals surface area contributed by atoms with Crippen LogP contribution in [0.4, 0.5) is 0 Å². The molecule has 1 radical (unpaired) electrons. The highest BCUT2D eigenvalue weighted by Crippen LogP contribution is 2.53. The SMILES string of the molecule is [CH2]C(C)C12C=CC(CC1)C2. The molecule has 2 aliphatic carbocycles. The summed E-state index contributed by atoms with van der Waals surface area (Å²) in [4.78, 5) is 0. The Morgan fingerprint density at radius 1 is 1.70 bits per heavy atom. The molecule has 0 N–H and O–H groups in total. The summed E-state index contributed by atoms with van der Waals surface area (Å²) in [6.45, 7) is 6.39. The van der Waals surface area contributed by atoms with Crippen molar-refractivity contribution in [3.8, 4) is 0 Å². The van der Waals surface area contributed by atoms with E-state index >= 15 is 0 Å². The molecule has 1 saturated carbocycles. The maximum atomic E-state index is 4.14. The first-order valence-electron chi connectivity index (χ1n) is 4.25. The van der Waals surface area contributed by atoms with Gasteiger partial charge < -0.3 is 0 Å². The van der Waals surface area contributed by atoms with Crippen molar-refractivity contribution in [3.63, 3.8) is 0 Å². The van der Waals surface area contributed by atoms with Gasteiger partial charge in [-0.3, -0.25) is 0 Å². The molecule has 0 heterocycles. The molecule has 0 aliphatic heterocycles. The van der Waals surface area contributed by atoms with Crippen LogP contribution in [-0.4, -0.2) is 0 Å². The maximum absolute atomic E-state index is 4.14. The van der Waals surface area contributed by atoms with Gasteiger partial charge in [-0.1, -0.05) is 19.1 Å². The summed E-state index contributed by atoms with van der Waals surface area (Å²) in [5, 5.41) is 0. The largest absolute Gasteiger partial charge is 0.0848 e. The molecule has 3 atom stereocenters. The van der Waals surface area contributed by atoms with Crippen LogP contribution in [0.3, 0.4) is 0 Å². The molecule has 0 heteroatoms. The molecule has 3 unspecified atom stereocenters. The monoisotopic (exact) mass is 135 g/mol. The van der Waals surface area contributed by atoms with E-state index in [4.69, 9.17) is 0 Å². The van der Waals surface area contributed by atoms with Crippen molar-refractivity contribution in [3.05, 3.63) is 19.1 Å². The van der Waals surface area contributed by atoms with Crippen molar-refractivity contribution in [1.82, 2.24) is 0 Å². The third-order valence-electron chi connectivity index (χ3n) is 3.30. The predicted octanol–water partition coefficient (Wildman–Crippen LogP) is 2.81. The van der Waals surface area contributed by atoms with Crippen LogP contribution in [0, 0.1) is 24.2 Å². The number of hydrogen-bond acceptors (Lipinski definition) is 0. The molecule has 1 fully saturated rings. The van der Waals surface area contributed by atoms with Gasteiger partial charge in [0.15, 0.2) is 0 Å². The number of fused-ring (bicyclic) bond motifs is 2. The number of allylic oxidation sites excluding steroid dienone is 2. The van der Waals surface area contributed by atoms with E-state index in [2.05, 4.69) is 26.0 Å². The molecule has 2 aliphatic rings. The van der Waals surface area contributed by atoms with E-state index in [1.807, 2.05) is 0 Å². The van der Waals surface area contributed by atoms with Crippen LogP contribution in [0.5, 0.6) is 0 Å². The minimum Gasteiger partial charge on any atom is -0.0848 e. The minimum atomic E-state index is 0.519. The van der Waals surface area contributed by atoms with E-state index in [-0.39, 0.29) is 0 Å². The molecule has 0 saturated heterocycles. The minimum absolute atomic E-state index is 0.519. The second kappa shape index (κ2) is 1.87. The quantitative estimate of drug-likeness (QED) is 0.485. The first kappa shape index (κ1) is 6.45. The Labute approximate surface area is 63.3 Å². The fourth-order valence-electron chi connectivity index (χ4n) is 2.40. The van der Waals surface area contributed by atoms with Crippen molar-refractivity contribution in [2.24, 2.45) is 17.3 Å². The number of rotatable bonds is 1. The van der Waals surface area contributed by atoms with Crippen LogP contribution in [-0.2, 0) is 0 Å². The van der Waals surface area contributed by atoms with Gasteiger partial charge >= 0.3 is 0 Å². The summed E-state index contributed by atoms with van der Waals surface area (Å²) < 4.78 is 0. The molecule has 55 valence electrons. The highest BCUT2D eigenvalue weighted by Gasteiger charge is 2.42. The molecule has 0 amide bonds. The van der Waals surface area contributed by atoms with E-state index in [0.29, 0.717) is 11.3 Å². The van der Waals surface area contributed by atoms with Crippen molar-refractivity contribution in [2.45, 2.75) is 26.2 Å². The fraction of sp³-hybridized carbons (Fsp3) is 0.700. The molecule has 2 bridgehead atoms. The van der Waals surface area contributed by atoms with Gasteiger partial charge in [-0.05, 0) is 43.4 Å². The van der Waals surface area contributed by atoms with Gasteiger partial charge in [-0.2, -0.15) is 0 Å². The maximum Gasteiger partial charge on any atom is -0.00867 e. The standard InChI is InChI=1S/C10H15/c1-8(2)10-5-3-9(7-10)4-6-10/h3,5,8-9H,1,4,6-7H2,2H3. The Kier molecular flexibility index (Phi) is 1.21. The highest BCUT2D eigenvalue weighted by molar-refractivity contribution is 5.17. The Hall–Kier alpha value is -0.260. The lowest BCUT2D eigenvalue weighted by Gasteiger charge is -2.27. The smallest absolute Gasteiger partial charge is 0.00867 e. The lowest BCUT2D eigenvalue weighted by atomic mass is 9.77. The topological polar surface area (TPSA) is 0 Å². The zero-order chi connectivity index (χ0) is 7.19. The summed E-state index contributed by atoms with van der Waals surface area (Å²) in [5.41, 5.74) is 0.519. The summed E-state index contributed by atoms with van der Waals surface area (Å²) in [5.74, 6) is 1.51. The lowest BCUT2D eigenvalue weighted by Crippen LogP contribution is -2.19. The van der Waals surface area contributed by atoms with Gasteiger partial charge in [0.25, 0.3) is 0 Å². The Morgan fingerprint density at radius 3 is 2.70 bits per heavy atom. The van der Waals surface area contributed by atoms with Crippen LogP contribution in [0.1, 0.15) is 26.2 Å². The van der Waals surface area contributed by atoms with Crippen molar-refractivity contribution in [1.29, 1.82) is 0 Å². The Bertz CT molecular complexity index is 167. The van der Waals surface area contributed by atoms with Gasteiger partial charge in [0.05, 0.1) is 0 Å². The average molecular weight is 135 g/mol. The van der Waals surface area contributed by atoms with Gasteiger partial charge in [0, 0.05) is 0 Å². The summed E-state index contributed by atoms with van der Waals surface area (Å²) >= 11 is 0. The van der Waals surface area contributed by atoms with Gasteiger partial charge in [-0.15, -0.1) is 0 Å². The van der Waals surface area contributed by atoms with Crippen molar-refractivity contribution in [2.75, 3.05) is 0 Å². The third kappa shape index (κ3) is 0.680. The first-order valence-corrected chi connectivity index (χ1v) is 4.25. The van der Waals surface area contributed by atoms with Crippen molar-refractivity contribution < 1.29 is 0 Å². The second-order valence-electron chi connectivity index (χ2n) is 4.00. The molecule has 0 aromatic rings. The molecule has 0 nitrogen and oxygen atoms in total. The average Bonchev–Trinajstić information content (AvgIpc) is 2.45. The third-order valence-corrected chi connectivity index (χ3v) is 3.30. The fourth-order valence-corrected chi connectivity index (χ4v) is 2.40. The normalized spacial score (nSPS) is 43.7. The lowest BCUT2D eigenvalue weighted by molar-refractivity contribution is 0.307. The van der Waals surface area contributed by atoms with Gasteiger partial charge in [-0.25, -0.2) is 0 Å². The Balaban J connectivity index is 2.24. The zero-order valence-corrected chi connectivity index (χ0v) is 6.64. The highest BCUT2D eigenvalue weighted by atomic mass is 14.5. The Morgan fingerprint density at radius 2 is 2.50 bits per heavy atom. The molecule has 0 spiro atoms. The zero-order valence-electron chi connectivity index (χ0n) is 6.64. The molecular formula is C10H15. The van der Waals surface area contributed by atoms with Crippen LogP contribution < -0.4 is 0 Å². The summed E-state index contributed by atoms with van der Waals surface area (Å²) in [6, 6.07) is 0. The van der Waals surface area contributed by atoms with E-state index in [9.17, 15) is 0 Å². The van der Waals surface area contributed by atoms with Gasteiger partial charge in [0.1, 0.15) is 0 Å². The van der Waals surface area contributed by atoms with Crippen LogP contribution in [0.2, 0.25) is 0 Å². The van der Waals surface area contributed by atoms with E-state index < -0.39 is 0 Å². The van der Waals surface area contributed by atoms with E-state index in [1.165, 1.54) is 19.3 Å². The van der Waals surface area contributed by atoms with Crippen LogP contribution in [0.15, 0.2) is 12.2 Å². The molecule has 0 aromatic carbocycles. The van der Waals surface area contributed by atoms with Crippen LogP contribution in [0.25, 0.3) is 0 Å². The molecular weight excluding hydrogens is 120 g/mol. The van der Waals surface area contributed by atoms with Crippen LogP contribution >= 0.6 is 0 Å². The predicted molar refractivity (Wildman–Crippen MR) is 43.4 cm³/mol. The summed E-state index contributed by atoms with van der Waals surface area (Å²) in [6.07, 6.45) is 9.00. The first-order chi connectivity index (χ1) is 4.73. The number of hydrogen-bond donors (Lipinski definition) is 0. The van der Waals surface area contributed by atoms with Gasteiger partial charge in [0.2, 0.25) is 0 Å². The van der Waals surface area contributed by atoms with Crippen molar-refractivity contribution >= 4 is 0 Å². The second-order valence-corrected chi connectivity index (χ2v) is 4.00.